The second kappa shape index (κ2) is 7.95. The van der Waals surface area contributed by atoms with Crippen molar-refractivity contribution >= 4 is 24.0 Å². The van der Waals surface area contributed by atoms with Crippen LogP contribution in [0.5, 0.6) is 5.75 Å². The van der Waals surface area contributed by atoms with Gasteiger partial charge in [0.25, 0.3) is 0 Å². The van der Waals surface area contributed by atoms with Gasteiger partial charge in [-0.3, -0.25) is 0 Å². The molecule has 1 aromatic carbocycles. The maximum atomic E-state index is 5.94. The van der Waals surface area contributed by atoms with E-state index in [9.17, 15) is 0 Å². The maximum Gasteiger partial charge on any atom is 0.124 e. The first-order chi connectivity index (χ1) is 8.42. The summed E-state index contributed by atoms with van der Waals surface area (Å²) in [5.41, 5.74) is 6.86. The van der Waals surface area contributed by atoms with Crippen LogP contribution >= 0.6 is 24.0 Å². The third-order valence-electron chi connectivity index (χ3n) is 3.63. The van der Waals surface area contributed by atoms with E-state index in [-0.39, 0.29) is 17.9 Å². The van der Waals surface area contributed by atoms with Crippen molar-refractivity contribution < 1.29 is 4.74 Å². The van der Waals surface area contributed by atoms with Crippen LogP contribution in [0, 0.1) is 5.92 Å². The highest BCUT2D eigenvalue weighted by molar-refractivity contribution is 6.30. The van der Waals surface area contributed by atoms with Crippen LogP contribution in [0.15, 0.2) is 18.2 Å². The Labute approximate surface area is 127 Å². The van der Waals surface area contributed by atoms with Crippen molar-refractivity contribution in [2.24, 2.45) is 11.7 Å². The van der Waals surface area contributed by atoms with Crippen LogP contribution in [0.3, 0.4) is 0 Å². The minimum absolute atomic E-state index is 0. The standard InChI is InChI=1S/C14H23ClN2O.ClH/c1-10(2)14(3,9-16)17-8-11-5-6-12(15)7-13(11)18-4;/h5-7,10,17H,8-9,16H2,1-4H3;1H. The zero-order valence-electron chi connectivity index (χ0n) is 12.0. The molecular weight excluding hydrogens is 283 g/mol. The average molecular weight is 307 g/mol. The van der Waals surface area contributed by atoms with Crippen molar-refractivity contribution in [3.63, 3.8) is 0 Å². The quantitative estimate of drug-likeness (QED) is 0.848. The molecular formula is C14H24Cl2N2O. The van der Waals surface area contributed by atoms with Crippen LogP contribution < -0.4 is 15.8 Å². The van der Waals surface area contributed by atoms with Crippen molar-refractivity contribution in [2.45, 2.75) is 32.9 Å². The number of nitrogens with two attached hydrogens (primary N) is 1. The molecule has 3 N–H and O–H groups in total. The van der Waals surface area contributed by atoms with E-state index in [0.29, 0.717) is 24.0 Å². The fourth-order valence-corrected chi connectivity index (χ4v) is 1.84. The fraction of sp³-hybridized carbons (Fsp3) is 0.571. The minimum atomic E-state index is -0.0787. The number of halogens is 2. The summed E-state index contributed by atoms with van der Waals surface area (Å²) in [5.74, 6) is 1.26. The number of rotatable bonds is 6. The maximum absolute atomic E-state index is 5.94. The Morgan fingerprint density at radius 1 is 1.42 bits per heavy atom. The molecule has 0 saturated heterocycles. The van der Waals surface area contributed by atoms with Crippen molar-refractivity contribution in [1.29, 1.82) is 0 Å². The lowest BCUT2D eigenvalue weighted by atomic mass is 9.88. The van der Waals surface area contributed by atoms with E-state index in [1.165, 1.54) is 0 Å². The molecule has 0 amide bonds. The average Bonchev–Trinajstić information content (AvgIpc) is 2.36. The number of benzene rings is 1. The monoisotopic (exact) mass is 306 g/mol. The van der Waals surface area contributed by atoms with Gasteiger partial charge < -0.3 is 15.8 Å². The van der Waals surface area contributed by atoms with E-state index >= 15 is 0 Å². The molecule has 0 fully saturated rings. The molecule has 0 aliphatic heterocycles. The summed E-state index contributed by atoms with van der Waals surface area (Å²) in [5, 5.41) is 4.19. The zero-order chi connectivity index (χ0) is 13.8. The van der Waals surface area contributed by atoms with Gasteiger partial charge >= 0.3 is 0 Å². The second-order valence-electron chi connectivity index (χ2n) is 5.09. The van der Waals surface area contributed by atoms with Crippen molar-refractivity contribution in [2.75, 3.05) is 13.7 Å². The molecule has 0 spiro atoms. The summed E-state index contributed by atoms with van der Waals surface area (Å²) in [4.78, 5) is 0. The zero-order valence-corrected chi connectivity index (χ0v) is 13.6. The first-order valence-electron chi connectivity index (χ1n) is 6.20. The topological polar surface area (TPSA) is 47.3 Å². The van der Waals surface area contributed by atoms with E-state index in [1.54, 1.807) is 7.11 Å². The third-order valence-corrected chi connectivity index (χ3v) is 3.87. The number of nitrogens with one attached hydrogen (secondary N) is 1. The van der Waals surface area contributed by atoms with Crippen LogP contribution in [0.2, 0.25) is 5.02 Å². The normalized spacial score (nSPS) is 13.8. The molecule has 1 rings (SSSR count). The fourth-order valence-electron chi connectivity index (χ4n) is 1.67. The number of hydrogen-bond acceptors (Lipinski definition) is 3. The summed E-state index contributed by atoms with van der Waals surface area (Å²) in [6, 6.07) is 5.68. The van der Waals surface area contributed by atoms with Gasteiger partial charge in [0, 0.05) is 29.2 Å². The first-order valence-corrected chi connectivity index (χ1v) is 6.58. The summed E-state index contributed by atoms with van der Waals surface area (Å²) in [6.45, 7) is 7.78. The van der Waals surface area contributed by atoms with Crippen molar-refractivity contribution in [1.82, 2.24) is 5.32 Å². The molecule has 0 bridgehead atoms. The Morgan fingerprint density at radius 3 is 2.53 bits per heavy atom. The van der Waals surface area contributed by atoms with E-state index in [0.717, 1.165) is 11.3 Å². The van der Waals surface area contributed by atoms with Gasteiger partial charge in [-0.25, -0.2) is 0 Å². The largest absolute Gasteiger partial charge is 0.496 e. The highest BCUT2D eigenvalue weighted by atomic mass is 35.5. The molecule has 0 aromatic heterocycles. The predicted molar refractivity (Wildman–Crippen MR) is 84.4 cm³/mol. The molecule has 0 aliphatic carbocycles. The van der Waals surface area contributed by atoms with Crippen molar-refractivity contribution in [3.05, 3.63) is 28.8 Å². The lowest BCUT2D eigenvalue weighted by Gasteiger charge is -2.34. The van der Waals surface area contributed by atoms with Gasteiger partial charge in [-0.2, -0.15) is 0 Å². The molecule has 110 valence electrons. The molecule has 0 aliphatic rings. The number of hydrogen-bond donors (Lipinski definition) is 2. The third kappa shape index (κ3) is 4.84. The predicted octanol–water partition coefficient (Wildman–Crippen LogP) is 3.23. The molecule has 1 aromatic rings. The van der Waals surface area contributed by atoms with Gasteiger partial charge in [-0.1, -0.05) is 31.5 Å². The van der Waals surface area contributed by atoms with Gasteiger partial charge in [-0.05, 0) is 25.0 Å². The molecule has 19 heavy (non-hydrogen) atoms. The molecule has 0 radical (unpaired) electrons. The van der Waals surface area contributed by atoms with E-state index in [1.807, 2.05) is 18.2 Å². The van der Waals surface area contributed by atoms with Crippen LogP contribution in [-0.4, -0.2) is 19.2 Å². The molecule has 3 nitrogen and oxygen atoms in total. The van der Waals surface area contributed by atoms with Gasteiger partial charge in [-0.15, -0.1) is 12.4 Å². The summed E-state index contributed by atoms with van der Waals surface area (Å²) < 4.78 is 5.33. The minimum Gasteiger partial charge on any atom is -0.496 e. The van der Waals surface area contributed by atoms with E-state index in [2.05, 4.69) is 26.1 Å². The van der Waals surface area contributed by atoms with Gasteiger partial charge in [0.2, 0.25) is 0 Å². The molecule has 1 atom stereocenters. The van der Waals surface area contributed by atoms with Gasteiger partial charge in [0.15, 0.2) is 0 Å². The van der Waals surface area contributed by atoms with Crippen LogP contribution in [0.25, 0.3) is 0 Å². The Kier molecular flexibility index (Phi) is 7.75. The van der Waals surface area contributed by atoms with E-state index in [4.69, 9.17) is 22.1 Å². The Bertz CT molecular complexity index is 399. The van der Waals surface area contributed by atoms with Crippen LogP contribution in [0.4, 0.5) is 0 Å². The molecule has 0 saturated carbocycles. The summed E-state index contributed by atoms with van der Waals surface area (Å²) in [7, 11) is 1.65. The number of ether oxygens (including phenoxy) is 1. The molecule has 5 heteroatoms. The van der Waals surface area contributed by atoms with Gasteiger partial charge in [0.05, 0.1) is 7.11 Å². The van der Waals surface area contributed by atoms with Crippen LogP contribution in [0.1, 0.15) is 26.3 Å². The first kappa shape index (κ1) is 18.5. The van der Waals surface area contributed by atoms with Gasteiger partial charge in [0.1, 0.15) is 5.75 Å². The second-order valence-corrected chi connectivity index (χ2v) is 5.52. The highest BCUT2D eigenvalue weighted by Gasteiger charge is 2.26. The molecule has 0 heterocycles. The Morgan fingerprint density at radius 2 is 2.05 bits per heavy atom. The summed E-state index contributed by atoms with van der Waals surface area (Å²) in [6.07, 6.45) is 0. The Balaban J connectivity index is 0.00000324. The molecule has 1 unspecified atom stereocenters. The Hall–Kier alpha value is -0.480. The van der Waals surface area contributed by atoms with E-state index < -0.39 is 0 Å². The van der Waals surface area contributed by atoms with Crippen molar-refractivity contribution in [3.8, 4) is 5.75 Å². The highest BCUT2D eigenvalue weighted by Crippen LogP contribution is 2.24. The lowest BCUT2D eigenvalue weighted by molar-refractivity contribution is 0.265. The SMILES string of the molecule is COc1cc(Cl)ccc1CNC(C)(CN)C(C)C.Cl. The number of methoxy groups -OCH3 is 1. The summed E-state index contributed by atoms with van der Waals surface area (Å²) >= 11 is 5.94. The smallest absolute Gasteiger partial charge is 0.124 e. The van der Waals surface area contributed by atoms with Crippen LogP contribution in [-0.2, 0) is 6.54 Å². The lowest BCUT2D eigenvalue weighted by Crippen LogP contribution is -2.52.